The van der Waals surface area contributed by atoms with E-state index in [1.54, 1.807) is 0 Å². The van der Waals surface area contributed by atoms with Crippen LogP contribution in [0.1, 0.15) is 96.8 Å². The van der Waals surface area contributed by atoms with Crippen LogP contribution in [-0.4, -0.2) is 141 Å². The Balaban J connectivity index is 1.57. The number of carbonyl (C=O) groups is 1. The maximum absolute atomic E-state index is 12.1. The molecule has 2 heterocycles. The number of esters is 1. The van der Waals surface area contributed by atoms with Gasteiger partial charge in [0.25, 0.3) is 0 Å². The Kier molecular flexibility index (Phi) is 21.4. The molecule has 0 spiro atoms. The number of allylic oxidation sites excluding steroid dienone is 2. The summed E-state index contributed by atoms with van der Waals surface area (Å²) in [6, 6.07) is 0. The third-order valence-electron chi connectivity index (χ3n) is 8.47. The van der Waals surface area contributed by atoms with Crippen molar-refractivity contribution < 1.29 is 69.3 Å². The van der Waals surface area contributed by atoms with Crippen LogP contribution in [0.3, 0.4) is 0 Å². The number of carbonyl (C=O) groups excluding carboxylic acids is 1. The van der Waals surface area contributed by atoms with Gasteiger partial charge in [-0.2, -0.15) is 0 Å². The first-order valence-corrected chi connectivity index (χ1v) is 17.3. The van der Waals surface area contributed by atoms with Gasteiger partial charge in [0.15, 0.2) is 12.6 Å². The molecule has 0 saturated carbocycles. The van der Waals surface area contributed by atoms with Gasteiger partial charge in [0, 0.05) is 6.42 Å². The highest BCUT2D eigenvalue weighted by atomic mass is 16.7. The lowest BCUT2D eigenvalue weighted by atomic mass is 9.98. The van der Waals surface area contributed by atoms with Crippen LogP contribution in [-0.2, 0) is 28.5 Å². The largest absolute Gasteiger partial charge is 0.463 e. The lowest BCUT2D eigenvalue weighted by Crippen LogP contribution is -2.61. The van der Waals surface area contributed by atoms with Crippen molar-refractivity contribution in [3.63, 3.8) is 0 Å². The van der Waals surface area contributed by atoms with Crippen LogP contribution in [0.5, 0.6) is 0 Å². The first-order chi connectivity index (χ1) is 22.6. The predicted molar refractivity (Wildman–Crippen MR) is 169 cm³/mol. The predicted octanol–water partition coefficient (Wildman–Crippen LogP) is 0.569. The van der Waals surface area contributed by atoms with Crippen LogP contribution in [0.25, 0.3) is 0 Å². The van der Waals surface area contributed by atoms with Crippen molar-refractivity contribution in [2.75, 3.05) is 26.4 Å². The summed E-state index contributed by atoms with van der Waals surface area (Å²) in [5.41, 5.74) is 0. The number of unbranched alkanes of at least 4 members (excludes halogenated alkanes) is 11. The second kappa shape index (κ2) is 24.0. The molecule has 47 heavy (non-hydrogen) atoms. The highest BCUT2D eigenvalue weighted by Gasteiger charge is 2.47. The number of ether oxygens (including phenoxy) is 5. The van der Waals surface area contributed by atoms with Gasteiger partial charge in [-0.05, 0) is 32.1 Å². The van der Waals surface area contributed by atoms with E-state index in [4.69, 9.17) is 23.7 Å². The quantitative estimate of drug-likeness (QED) is 0.0397. The topological polar surface area (TPSA) is 225 Å². The van der Waals surface area contributed by atoms with Crippen LogP contribution >= 0.6 is 0 Å². The van der Waals surface area contributed by atoms with Crippen molar-refractivity contribution in [1.29, 1.82) is 0 Å². The standard InChI is InChI=1S/C33H60O14/c1-2-3-4-5-6-7-8-9-10-11-12-13-14-15-16-17-25(36)43-19-22(35)20-44-32-31(42)29(40)27(38)24(47-32)21-45-33-30(41)28(39)26(37)23(18-34)46-33/h9-10,22-24,26-35,37-42H,2-8,11-21H2,1H3/b10-9+/t22-,23-,24-,26+,27+,28+,29+,30-,31-,32-,33+/m1/s1. The molecule has 0 radical (unpaired) electrons. The van der Waals surface area contributed by atoms with Crippen molar-refractivity contribution in [3.8, 4) is 0 Å². The van der Waals surface area contributed by atoms with Crippen LogP contribution in [0.2, 0.25) is 0 Å². The molecule has 0 aromatic heterocycles. The molecule has 276 valence electrons. The van der Waals surface area contributed by atoms with E-state index in [1.807, 2.05) is 0 Å². The van der Waals surface area contributed by atoms with E-state index in [-0.39, 0.29) is 13.0 Å². The molecule has 11 atom stereocenters. The van der Waals surface area contributed by atoms with Crippen molar-refractivity contribution >= 4 is 5.97 Å². The molecule has 14 heteroatoms. The number of rotatable bonds is 24. The van der Waals surface area contributed by atoms with Gasteiger partial charge >= 0.3 is 5.97 Å². The van der Waals surface area contributed by atoms with Gasteiger partial charge in [0.1, 0.15) is 61.5 Å². The van der Waals surface area contributed by atoms with E-state index >= 15 is 0 Å². The molecule has 2 saturated heterocycles. The average Bonchev–Trinajstić information content (AvgIpc) is 3.06. The molecule has 2 aliphatic heterocycles. The van der Waals surface area contributed by atoms with Crippen LogP contribution in [0.15, 0.2) is 12.2 Å². The van der Waals surface area contributed by atoms with E-state index < -0.39 is 93.3 Å². The summed E-state index contributed by atoms with van der Waals surface area (Å²) >= 11 is 0. The summed E-state index contributed by atoms with van der Waals surface area (Å²) in [7, 11) is 0. The van der Waals surface area contributed by atoms with E-state index in [1.165, 1.54) is 38.5 Å². The SMILES string of the molecule is CCCCCCCC/C=C/CCCCCCCC(=O)OC[C@@H](O)CO[C@@H]1O[C@H](CO[C@H]2O[C@H](CO)[C@H](O)[C@H](O)[C@H]2O)[C@H](O)[C@H](O)[C@H]1O. The third kappa shape index (κ3) is 15.4. The molecular weight excluding hydrogens is 620 g/mol. The fraction of sp³-hybridized carbons (Fsp3) is 0.909. The van der Waals surface area contributed by atoms with E-state index in [0.717, 1.165) is 38.5 Å². The smallest absolute Gasteiger partial charge is 0.305 e. The normalized spacial score (nSPS) is 32.1. The first-order valence-electron chi connectivity index (χ1n) is 17.3. The minimum Gasteiger partial charge on any atom is -0.463 e. The van der Waals surface area contributed by atoms with Gasteiger partial charge in [0.05, 0.1) is 19.8 Å². The van der Waals surface area contributed by atoms with Gasteiger partial charge in [-0.1, -0.05) is 70.4 Å². The summed E-state index contributed by atoms with van der Waals surface area (Å²) in [5, 5.41) is 80.3. The van der Waals surface area contributed by atoms with Gasteiger partial charge in [-0.3, -0.25) is 4.79 Å². The maximum atomic E-state index is 12.1. The molecule has 0 aromatic carbocycles. The molecule has 0 bridgehead atoms. The molecular formula is C33H60O14. The van der Waals surface area contributed by atoms with Gasteiger partial charge in [0.2, 0.25) is 0 Å². The van der Waals surface area contributed by atoms with Crippen molar-refractivity contribution in [3.05, 3.63) is 12.2 Å². The van der Waals surface area contributed by atoms with Gasteiger partial charge < -0.3 is 64.5 Å². The summed E-state index contributed by atoms with van der Waals surface area (Å²) in [5.74, 6) is -0.445. The number of aliphatic hydroxyl groups excluding tert-OH is 8. The molecule has 2 fully saturated rings. The molecule has 2 aliphatic rings. The highest BCUT2D eigenvalue weighted by Crippen LogP contribution is 2.26. The van der Waals surface area contributed by atoms with Gasteiger partial charge in [-0.25, -0.2) is 0 Å². The molecule has 8 N–H and O–H groups in total. The zero-order valence-electron chi connectivity index (χ0n) is 27.8. The summed E-state index contributed by atoms with van der Waals surface area (Å²) < 4.78 is 26.6. The van der Waals surface area contributed by atoms with Crippen LogP contribution in [0, 0.1) is 0 Å². The van der Waals surface area contributed by atoms with Crippen LogP contribution < -0.4 is 0 Å². The average molecular weight is 681 g/mol. The Bertz CT molecular complexity index is 844. The van der Waals surface area contributed by atoms with Crippen molar-refractivity contribution in [2.45, 2.75) is 164 Å². The zero-order chi connectivity index (χ0) is 34.6. The molecule has 0 aliphatic carbocycles. The van der Waals surface area contributed by atoms with E-state index in [2.05, 4.69) is 19.1 Å². The van der Waals surface area contributed by atoms with Crippen molar-refractivity contribution in [2.24, 2.45) is 0 Å². The molecule has 0 unspecified atom stereocenters. The number of hydrogen-bond acceptors (Lipinski definition) is 14. The monoisotopic (exact) mass is 680 g/mol. The lowest BCUT2D eigenvalue weighted by Gasteiger charge is -2.42. The Morgan fingerprint density at radius 2 is 1.17 bits per heavy atom. The Morgan fingerprint density at radius 3 is 1.77 bits per heavy atom. The number of aliphatic hydroxyl groups is 8. The highest BCUT2D eigenvalue weighted by molar-refractivity contribution is 5.69. The second-order valence-electron chi connectivity index (χ2n) is 12.5. The number of hydrogen-bond donors (Lipinski definition) is 8. The van der Waals surface area contributed by atoms with E-state index in [0.29, 0.717) is 6.42 Å². The fourth-order valence-electron chi connectivity index (χ4n) is 5.44. The lowest BCUT2D eigenvalue weighted by molar-refractivity contribution is -0.332. The zero-order valence-corrected chi connectivity index (χ0v) is 27.8. The maximum Gasteiger partial charge on any atom is 0.305 e. The summed E-state index contributed by atoms with van der Waals surface area (Å²) in [6.45, 7) is 0.287. The second-order valence-corrected chi connectivity index (χ2v) is 12.5. The molecule has 0 aromatic rings. The summed E-state index contributed by atoms with van der Waals surface area (Å²) in [4.78, 5) is 12.1. The molecule has 2 rings (SSSR count). The Hall–Kier alpha value is -1.27. The minimum absolute atomic E-state index is 0.233. The fourth-order valence-corrected chi connectivity index (χ4v) is 5.44. The van der Waals surface area contributed by atoms with Gasteiger partial charge in [-0.15, -0.1) is 0 Å². The summed E-state index contributed by atoms with van der Waals surface area (Å²) in [6.07, 6.45) is 3.00. The minimum atomic E-state index is -1.72. The Morgan fingerprint density at radius 1 is 0.660 bits per heavy atom. The van der Waals surface area contributed by atoms with Crippen LogP contribution in [0.4, 0.5) is 0 Å². The third-order valence-corrected chi connectivity index (χ3v) is 8.47. The van der Waals surface area contributed by atoms with E-state index in [9.17, 15) is 45.6 Å². The Labute approximate surface area is 278 Å². The molecule has 14 nitrogen and oxygen atoms in total. The van der Waals surface area contributed by atoms with Crippen molar-refractivity contribution in [1.82, 2.24) is 0 Å². The first kappa shape index (κ1) is 41.9. The molecule has 0 amide bonds.